The van der Waals surface area contributed by atoms with Crippen molar-refractivity contribution in [3.8, 4) is 0 Å². The van der Waals surface area contributed by atoms with Crippen LogP contribution in [0.4, 0.5) is 26.3 Å². The molecule has 4 N–H and O–H groups in total. The Morgan fingerprint density at radius 2 is 1.44 bits per heavy atom. The molecule has 8 heteroatoms. The Bertz CT molecular complexity index is 553. The monoisotopic (exact) mass is 268 g/mol. The molecule has 2 atom stereocenters. The van der Waals surface area contributed by atoms with Gasteiger partial charge in [0.15, 0.2) is 23.3 Å². The summed E-state index contributed by atoms with van der Waals surface area (Å²) >= 11 is 0. The van der Waals surface area contributed by atoms with Crippen LogP contribution in [0.1, 0.15) is 0 Å². The van der Waals surface area contributed by atoms with Gasteiger partial charge in [0.1, 0.15) is 0 Å². The van der Waals surface area contributed by atoms with Crippen LogP contribution in [0.2, 0.25) is 0 Å². The second-order valence-electron chi connectivity index (χ2n) is 3.86. The average molecular weight is 268 g/mol. The number of alkyl halides is 2. The van der Waals surface area contributed by atoms with Crippen LogP contribution in [0.25, 0.3) is 0 Å². The zero-order valence-corrected chi connectivity index (χ0v) is 8.58. The standard InChI is InChI=1S/C10H6F6N2/c11-5-4-3(1-2-9(15,17)7(4)13)6(12)10(16,18)8(5)14/h1-2H,17-18H2. The summed E-state index contributed by atoms with van der Waals surface area (Å²) in [6, 6.07) is 0. The predicted molar refractivity (Wildman–Crippen MR) is 50.7 cm³/mol. The molecule has 0 aromatic heterocycles. The Labute approximate surface area is 96.9 Å². The lowest BCUT2D eigenvalue weighted by atomic mass is 9.86. The van der Waals surface area contributed by atoms with Crippen molar-refractivity contribution >= 4 is 0 Å². The molecule has 0 aliphatic heterocycles. The second kappa shape index (κ2) is 3.48. The molecule has 2 rings (SSSR count). The predicted octanol–water partition coefficient (Wildman–Crippen LogP) is 2.42. The van der Waals surface area contributed by atoms with E-state index in [-0.39, 0.29) is 0 Å². The van der Waals surface area contributed by atoms with Gasteiger partial charge in [0, 0.05) is 5.57 Å². The summed E-state index contributed by atoms with van der Waals surface area (Å²) in [7, 11) is 0. The Morgan fingerprint density at radius 3 is 2.00 bits per heavy atom. The first-order valence-electron chi connectivity index (χ1n) is 4.62. The third kappa shape index (κ3) is 1.45. The fourth-order valence-electron chi connectivity index (χ4n) is 1.63. The molecule has 0 aromatic carbocycles. The highest BCUT2D eigenvalue weighted by Crippen LogP contribution is 2.47. The van der Waals surface area contributed by atoms with Gasteiger partial charge in [-0.15, -0.1) is 0 Å². The first-order chi connectivity index (χ1) is 8.10. The van der Waals surface area contributed by atoms with Gasteiger partial charge in [-0.2, -0.15) is 0 Å². The van der Waals surface area contributed by atoms with Gasteiger partial charge in [-0.3, -0.25) is 11.5 Å². The number of allylic oxidation sites excluding steroid dienone is 4. The Balaban J connectivity index is 2.80. The van der Waals surface area contributed by atoms with Crippen molar-refractivity contribution in [2.45, 2.75) is 11.6 Å². The number of hydrogen-bond donors (Lipinski definition) is 2. The smallest absolute Gasteiger partial charge is 0.266 e. The fourth-order valence-corrected chi connectivity index (χ4v) is 1.63. The summed E-state index contributed by atoms with van der Waals surface area (Å²) in [5.41, 5.74) is 6.96. The first-order valence-corrected chi connectivity index (χ1v) is 4.62. The normalized spacial score (nSPS) is 36.4. The summed E-state index contributed by atoms with van der Waals surface area (Å²) < 4.78 is 80.2. The molecule has 0 spiro atoms. The molecule has 0 saturated carbocycles. The van der Waals surface area contributed by atoms with Crippen LogP contribution < -0.4 is 11.5 Å². The SMILES string of the molecule is NC1(F)C=CC2=C(F)C(N)(F)C(F)=C(F)C2=C1F. The molecule has 2 aliphatic rings. The van der Waals surface area contributed by atoms with Gasteiger partial charge >= 0.3 is 0 Å². The molecule has 0 bridgehead atoms. The minimum Gasteiger partial charge on any atom is -0.290 e. The summed E-state index contributed by atoms with van der Waals surface area (Å²) in [4.78, 5) is 0. The van der Waals surface area contributed by atoms with Crippen molar-refractivity contribution in [3.05, 3.63) is 46.6 Å². The lowest BCUT2D eigenvalue weighted by Gasteiger charge is -2.29. The van der Waals surface area contributed by atoms with E-state index in [1.54, 1.807) is 0 Å². The van der Waals surface area contributed by atoms with E-state index in [9.17, 15) is 26.3 Å². The van der Waals surface area contributed by atoms with Crippen LogP contribution >= 0.6 is 0 Å². The van der Waals surface area contributed by atoms with E-state index in [0.717, 1.165) is 0 Å². The molecule has 98 valence electrons. The molecule has 2 aliphatic carbocycles. The molecule has 0 radical (unpaired) electrons. The van der Waals surface area contributed by atoms with E-state index in [0.29, 0.717) is 12.2 Å². The highest BCUT2D eigenvalue weighted by atomic mass is 19.2. The van der Waals surface area contributed by atoms with Crippen LogP contribution in [0.3, 0.4) is 0 Å². The average Bonchev–Trinajstić information content (AvgIpc) is 2.28. The molecule has 0 amide bonds. The molecule has 0 saturated heterocycles. The number of hydrogen-bond acceptors (Lipinski definition) is 2. The van der Waals surface area contributed by atoms with Crippen molar-refractivity contribution in [1.29, 1.82) is 0 Å². The molecular formula is C10H6F6N2. The van der Waals surface area contributed by atoms with Crippen molar-refractivity contribution in [2.75, 3.05) is 0 Å². The van der Waals surface area contributed by atoms with Gasteiger partial charge in [-0.25, -0.2) is 26.3 Å². The second-order valence-corrected chi connectivity index (χ2v) is 3.86. The van der Waals surface area contributed by atoms with Crippen LogP contribution in [0.5, 0.6) is 0 Å². The summed E-state index contributed by atoms with van der Waals surface area (Å²) in [6.45, 7) is 0. The summed E-state index contributed by atoms with van der Waals surface area (Å²) in [5.74, 6) is -15.5. The number of rotatable bonds is 0. The lowest BCUT2D eigenvalue weighted by molar-refractivity contribution is 0.176. The number of fused-ring (bicyclic) bond motifs is 1. The first kappa shape index (κ1) is 12.9. The van der Waals surface area contributed by atoms with E-state index in [1.807, 2.05) is 0 Å². The van der Waals surface area contributed by atoms with Gasteiger partial charge in [-0.05, 0) is 6.08 Å². The fraction of sp³-hybridized carbons (Fsp3) is 0.200. The molecule has 0 aromatic rings. The van der Waals surface area contributed by atoms with E-state index < -0.39 is 46.0 Å². The van der Waals surface area contributed by atoms with Gasteiger partial charge in [-0.1, -0.05) is 6.08 Å². The van der Waals surface area contributed by atoms with Crippen LogP contribution in [0, 0.1) is 0 Å². The van der Waals surface area contributed by atoms with E-state index >= 15 is 0 Å². The highest BCUT2D eigenvalue weighted by Gasteiger charge is 2.49. The van der Waals surface area contributed by atoms with Crippen molar-refractivity contribution < 1.29 is 26.3 Å². The molecule has 18 heavy (non-hydrogen) atoms. The maximum atomic E-state index is 13.5. The molecule has 0 fully saturated rings. The minimum absolute atomic E-state index is 0.341. The van der Waals surface area contributed by atoms with Crippen LogP contribution in [-0.2, 0) is 0 Å². The zero-order valence-electron chi connectivity index (χ0n) is 8.58. The maximum absolute atomic E-state index is 13.5. The van der Waals surface area contributed by atoms with E-state index in [4.69, 9.17) is 5.73 Å². The Kier molecular flexibility index (Phi) is 2.50. The summed E-state index contributed by atoms with van der Waals surface area (Å²) in [6.07, 6.45) is 0.842. The minimum atomic E-state index is -3.85. The van der Waals surface area contributed by atoms with Gasteiger partial charge in [0.2, 0.25) is 5.79 Å². The van der Waals surface area contributed by atoms with Gasteiger partial charge in [0.05, 0.1) is 5.57 Å². The topological polar surface area (TPSA) is 52.0 Å². The van der Waals surface area contributed by atoms with Crippen molar-refractivity contribution in [3.63, 3.8) is 0 Å². The van der Waals surface area contributed by atoms with Gasteiger partial charge < -0.3 is 0 Å². The lowest BCUT2D eigenvalue weighted by Crippen LogP contribution is -2.42. The third-order valence-electron chi connectivity index (χ3n) is 2.61. The summed E-state index contributed by atoms with van der Waals surface area (Å²) in [5, 5.41) is 0. The molecule has 0 heterocycles. The van der Waals surface area contributed by atoms with Crippen LogP contribution in [0.15, 0.2) is 46.6 Å². The van der Waals surface area contributed by atoms with Crippen LogP contribution in [-0.4, -0.2) is 11.6 Å². The van der Waals surface area contributed by atoms with E-state index in [2.05, 4.69) is 5.73 Å². The zero-order chi connectivity index (χ0) is 13.9. The molecular weight excluding hydrogens is 262 g/mol. The van der Waals surface area contributed by atoms with Crippen molar-refractivity contribution in [2.24, 2.45) is 11.5 Å². The van der Waals surface area contributed by atoms with E-state index in [1.165, 1.54) is 0 Å². The van der Waals surface area contributed by atoms with Gasteiger partial charge in [0.25, 0.3) is 5.79 Å². The number of halogens is 6. The molecule has 2 nitrogen and oxygen atoms in total. The molecule has 2 unspecified atom stereocenters. The maximum Gasteiger partial charge on any atom is 0.266 e. The Morgan fingerprint density at radius 1 is 0.889 bits per heavy atom. The third-order valence-corrected chi connectivity index (χ3v) is 2.61. The number of nitrogens with two attached hydrogens (primary N) is 2. The highest BCUT2D eigenvalue weighted by molar-refractivity contribution is 5.63. The largest absolute Gasteiger partial charge is 0.290 e. The quantitative estimate of drug-likeness (QED) is 0.523. The van der Waals surface area contributed by atoms with Crippen molar-refractivity contribution in [1.82, 2.24) is 0 Å². The Hall–Kier alpha value is -1.54.